The highest BCUT2D eigenvalue weighted by molar-refractivity contribution is 6.23. The third-order valence-corrected chi connectivity index (χ3v) is 2.67. The van der Waals surface area contributed by atoms with Crippen molar-refractivity contribution < 1.29 is 20.1 Å². The predicted octanol–water partition coefficient (Wildman–Crippen LogP) is 1.47. The van der Waals surface area contributed by atoms with E-state index >= 15 is 0 Å². The van der Waals surface area contributed by atoms with Crippen molar-refractivity contribution in [2.75, 3.05) is 19.8 Å². The summed E-state index contributed by atoms with van der Waals surface area (Å²) in [5.74, 6) is 0. The topological polar surface area (TPSA) is 69.9 Å². The number of benzene rings is 1. The molecule has 1 aromatic rings. The van der Waals surface area contributed by atoms with Crippen molar-refractivity contribution in [3.8, 4) is 0 Å². The monoisotopic (exact) mass is 276 g/mol. The standard InChI is InChI=1S/C9H11ClO3.C4H10O/c10-9(13,8(12)6-11)7-4-2-1-3-5-7;1-3-5-4-2/h1-5,8,11-13H,6H2;3-4H2,1-2H3. The molecule has 0 saturated carbocycles. The fourth-order valence-electron chi connectivity index (χ4n) is 1.19. The molecule has 0 radical (unpaired) electrons. The smallest absolute Gasteiger partial charge is 0.192 e. The van der Waals surface area contributed by atoms with E-state index in [-0.39, 0.29) is 0 Å². The average Bonchev–Trinajstić information content (AvgIpc) is 2.40. The van der Waals surface area contributed by atoms with Crippen LogP contribution in [-0.2, 0) is 9.80 Å². The Balaban J connectivity index is 0.000000494. The quantitative estimate of drug-likeness (QED) is 0.712. The second-order valence-corrected chi connectivity index (χ2v) is 4.10. The van der Waals surface area contributed by atoms with Crippen LogP contribution in [0.3, 0.4) is 0 Å². The number of halogens is 1. The number of hydrogen-bond acceptors (Lipinski definition) is 4. The highest BCUT2D eigenvalue weighted by Gasteiger charge is 2.34. The van der Waals surface area contributed by atoms with Gasteiger partial charge in [-0.25, -0.2) is 0 Å². The fourth-order valence-corrected chi connectivity index (χ4v) is 1.38. The molecule has 1 rings (SSSR count). The lowest BCUT2D eigenvalue weighted by Gasteiger charge is -2.25. The summed E-state index contributed by atoms with van der Waals surface area (Å²) in [6.07, 6.45) is -1.39. The number of alkyl halides is 1. The molecule has 2 atom stereocenters. The molecular weight excluding hydrogens is 256 g/mol. The first-order valence-electron chi connectivity index (χ1n) is 5.84. The highest BCUT2D eigenvalue weighted by Crippen LogP contribution is 2.29. The molecule has 0 fully saturated rings. The number of ether oxygens (including phenoxy) is 1. The normalized spacial score (nSPS) is 15.2. The van der Waals surface area contributed by atoms with Gasteiger partial charge in [0.1, 0.15) is 6.10 Å². The summed E-state index contributed by atoms with van der Waals surface area (Å²) in [6.45, 7) is 5.08. The Labute approximate surface area is 113 Å². The molecule has 0 aliphatic rings. The zero-order valence-electron chi connectivity index (χ0n) is 10.7. The molecule has 1 aromatic carbocycles. The summed E-state index contributed by atoms with van der Waals surface area (Å²) in [7, 11) is 0. The van der Waals surface area contributed by atoms with Gasteiger partial charge < -0.3 is 20.1 Å². The molecular formula is C13H21ClO4. The molecule has 0 heterocycles. The molecule has 104 valence electrons. The summed E-state index contributed by atoms with van der Waals surface area (Å²) < 4.78 is 4.83. The molecule has 0 bridgehead atoms. The predicted molar refractivity (Wildman–Crippen MR) is 71.5 cm³/mol. The molecule has 0 amide bonds. The second-order valence-electron chi connectivity index (χ2n) is 3.52. The van der Waals surface area contributed by atoms with E-state index in [0.29, 0.717) is 5.56 Å². The first-order chi connectivity index (χ1) is 8.50. The van der Waals surface area contributed by atoms with Crippen molar-refractivity contribution in [1.82, 2.24) is 0 Å². The van der Waals surface area contributed by atoms with Crippen LogP contribution in [0.25, 0.3) is 0 Å². The zero-order valence-corrected chi connectivity index (χ0v) is 11.5. The van der Waals surface area contributed by atoms with Gasteiger partial charge in [0.05, 0.1) is 6.61 Å². The first kappa shape index (κ1) is 17.4. The maximum absolute atomic E-state index is 9.61. The van der Waals surface area contributed by atoms with E-state index in [0.717, 1.165) is 13.2 Å². The van der Waals surface area contributed by atoms with Gasteiger partial charge in [-0.1, -0.05) is 41.9 Å². The van der Waals surface area contributed by atoms with Gasteiger partial charge in [0.15, 0.2) is 5.06 Å². The Morgan fingerprint density at radius 2 is 1.72 bits per heavy atom. The van der Waals surface area contributed by atoms with E-state index in [9.17, 15) is 10.2 Å². The summed E-state index contributed by atoms with van der Waals surface area (Å²) in [5, 5.41) is 25.5. The molecule has 0 aliphatic carbocycles. The molecule has 0 saturated heterocycles. The van der Waals surface area contributed by atoms with Gasteiger partial charge in [0.25, 0.3) is 0 Å². The van der Waals surface area contributed by atoms with E-state index in [1.807, 2.05) is 13.8 Å². The van der Waals surface area contributed by atoms with Crippen molar-refractivity contribution in [3.63, 3.8) is 0 Å². The van der Waals surface area contributed by atoms with Gasteiger partial charge in [0.2, 0.25) is 0 Å². The largest absolute Gasteiger partial charge is 0.394 e. The van der Waals surface area contributed by atoms with E-state index in [2.05, 4.69) is 0 Å². The van der Waals surface area contributed by atoms with E-state index in [1.54, 1.807) is 30.3 Å². The molecule has 5 heteroatoms. The van der Waals surface area contributed by atoms with Crippen LogP contribution in [0.5, 0.6) is 0 Å². The Hall–Kier alpha value is -0.650. The van der Waals surface area contributed by atoms with E-state index in [1.165, 1.54) is 0 Å². The fraction of sp³-hybridized carbons (Fsp3) is 0.538. The summed E-state index contributed by atoms with van der Waals surface area (Å²) >= 11 is 5.66. The van der Waals surface area contributed by atoms with Crippen LogP contribution in [0.2, 0.25) is 0 Å². The van der Waals surface area contributed by atoms with Gasteiger partial charge in [-0.2, -0.15) is 0 Å². The molecule has 0 aromatic heterocycles. The SMILES string of the molecule is CCOCC.OCC(O)C(O)(Cl)c1ccccc1. The Morgan fingerprint density at radius 1 is 1.22 bits per heavy atom. The molecule has 18 heavy (non-hydrogen) atoms. The summed E-state index contributed by atoms with van der Waals surface area (Å²) in [5.41, 5.74) is 0.359. The molecule has 3 N–H and O–H groups in total. The summed E-state index contributed by atoms with van der Waals surface area (Å²) in [4.78, 5) is 0. The average molecular weight is 277 g/mol. The van der Waals surface area contributed by atoms with Crippen LogP contribution in [-0.4, -0.2) is 41.2 Å². The highest BCUT2D eigenvalue weighted by atomic mass is 35.5. The lowest BCUT2D eigenvalue weighted by Crippen LogP contribution is -2.36. The first-order valence-corrected chi connectivity index (χ1v) is 6.21. The Bertz CT molecular complexity index is 301. The Kier molecular flexibility index (Phi) is 8.97. The summed E-state index contributed by atoms with van der Waals surface area (Å²) in [6, 6.07) is 8.29. The minimum Gasteiger partial charge on any atom is -0.394 e. The van der Waals surface area contributed by atoms with Crippen LogP contribution in [0.15, 0.2) is 30.3 Å². The van der Waals surface area contributed by atoms with Gasteiger partial charge in [-0.3, -0.25) is 0 Å². The lowest BCUT2D eigenvalue weighted by atomic mass is 10.0. The third kappa shape index (κ3) is 5.80. The van der Waals surface area contributed by atoms with E-state index < -0.39 is 17.8 Å². The van der Waals surface area contributed by atoms with Gasteiger partial charge in [-0.05, 0) is 13.8 Å². The van der Waals surface area contributed by atoms with Crippen molar-refractivity contribution in [3.05, 3.63) is 35.9 Å². The van der Waals surface area contributed by atoms with Gasteiger partial charge in [-0.15, -0.1) is 0 Å². The van der Waals surface area contributed by atoms with Crippen molar-refractivity contribution >= 4 is 11.6 Å². The second kappa shape index (κ2) is 9.30. The molecule has 4 nitrogen and oxygen atoms in total. The van der Waals surface area contributed by atoms with Crippen LogP contribution in [0.1, 0.15) is 19.4 Å². The van der Waals surface area contributed by atoms with Crippen LogP contribution in [0.4, 0.5) is 0 Å². The maximum Gasteiger partial charge on any atom is 0.192 e. The van der Waals surface area contributed by atoms with Crippen LogP contribution in [0, 0.1) is 0 Å². The van der Waals surface area contributed by atoms with Crippen molar-refractivity contribution in [2.45, 2.75) is 25.0 Å². The maximum atomic E-state index is 9.61. The van der Waals surface area contributed by atoms with Crippen molar-refractivity contribution in [1.29, 1.82) is 0 Å². The number of aliphatic hydroxyl groups is 3. The number of hydrogen-bond donors (Lipinski definition) is 3. The third-order valence-electron chi connectivity index (χ3n) is 2.20. The lowest BCUT2D eigenvalue weighted by molar-refractivity contribution is -0.0444. The van der Waals surface area contributed by atoms with Crippen LogP contribution >= 0.6 is 11.6 Å². The Morgan fingerprint density at radius 3 is 2.06 bits per heavy atom. The van der Waals surface area contributed by atoms with Gasteiger partial charge in [0, 0.05) is 18.8 Å². The van der Waals surface area contributed by atoms with Crippen molar-refractivity contribution in [2.24, 2.45) is 0 Å². The zero-order chi connectivity index (χ0) is 14.0. The van der Waals surface area contributed by atoms with E-state index in [4.69, 9.17) is 21.4 Å². The van der Waals surface area contributed by atoms with Crippen LogP contribution < -0.4 is 0 Å². The number of rotatable bonds is 5. The van der Waals surface area contributed by atoms with Gasteiger partial charge >= 0.3 is 0 Å². The minimum atomic E-state index is -1.92. The molecule has 0 spiro atoms. The molecule has 0 aliphatic heterocycles. The minimum absolute atomic E-state index is 0.359. The number of aliphatic hydroxyl groups excluding tert-OH is 2. The molecule has 2 unspecified atom stereocenters.